The second-order valence-electron chi connectivity index (χ2n) is 5.13. The zero-order chi connectivity index (χ0) is 15.2. The monoisotopic (exact) mass is 293 g/mol. The number of nitrogens with zero attached hydrogens (tertiary/aromatic N) is 3. The molecule has 1 saturated heterocycles. The van der Waals surface area contributed by atoms with Gasteiger partial charge in [-0.3, -0.25) is 4.79 Å². The van der Waals surface area contributed by atoms with Crippen LogP contribution in [-0.4, -0.2) is 47.4 Å². The SMILES string of the molecule is COC(=O)c1ccc(N2CCC(CCC(=O)O)CC2)nn1. The molecule has 0 bridgehead atoms. The number of anilines is 1. The van der Waals surface area contributed by atoms with Gasteiger partial charge < -0.3 is 14.7 Å². The molecule has 1 aromatic rings. The molecular weight excluding hydrogens is 274 g/mol. The average Bonchev–Trinajstić information content (AvgIpc) is 2.53. The Bertz CT molecular complexity index is 495. The van der Waals surface area contributed by atoms with Gasteiger partial charge >= 0.3 is 11.9 Å². The number of hydrogen-bond donors (Lipinski definition) is 1. The molecule has 1 aliphatic rings. The Hall–Kier alpha value is -2.18. The summed E-state index contributed by atoms with van der Waals surface area (Å²) in [5, 5.41) is 16.6. The van der Waals surface area contributed by atoms with Crippen LogP contribution in [0.25, 0.3) is 0 Å². The number of carboxylic acids is 1. The van der Waals surface area contributed by atoms with Crippen molar-refractivity contribution in [2.24, 2.45) is 5.92 Å². The first-order valence-electron chi connectivity index (χ1n) is 6.99. The number of ether oxygens (including phenoxy) is 1. The Morgan fingerprint density at radius 3 is 2.57 bits per heavy atom. The van der Waals surface area contributed by atoms with Crippen LogP contribution >= 0.6 is 0 Å². The molecule has 0 unspecified atom stereocenters. The lowest BCUT2D eigenvalue weighted by Crippen LogP contribution is -2.34. The van der Waals surface area contributed by atoms with E-state index in [-0.39, 0.29) is 12.1 Å². The highest BCUT2D eigenvalue weighted by molar-refractivity contribution is 5.86. The van der Waals surface area contributed by atoms with Gasteiger partial charge in [-0.25, -0.2) is 4.79 Å². The van der Waals surface area contributed by atoms with Crippen molar-refractivity contribution in [3.05, 3.63) is 17.8 Å². The summed E-state index contributed by atoms with van der Waals surface area (Å²) < 4.78 is 4.58. The summed E-state index contributed by atoms with van der Waals surface area (Å²) in [7, 11) is 1.31. The average molecular weight is 293 g/mol. The molecule has 7 nitrogen and oxygen atoms in total. The van der Waals surface area contributed by atoms with Gasteiger partial charge in [0, 0.05) is 19.5 Å². The third-order valence-electron chi connectivity index (χ3n) is 3.75. The van der Waals surface area contributed by atoms with E-state index in [2.05, 4.69) is 19.8 Å². The van der Waals surface area contributed by atoms with Gasteiger partial charge in [-0.05, 0) is 37.3 Å². The number of esters is 1. The Kier molecular flexibility index (Phi) is 5.08. The first kappa shape index (κ1) is 15.2. The van der Waals surface area contributed by atoms with Gasteiger partial charge in [-0.15, -0.1) is 10.2 Å². The van der Waals surface area contributed by atoms with E-state index in [0.717, 1.165) is 38.2 Å². The van der Waals surface area contributed by atoms with Gasteiger partial charge in [0.25, 0.3) is 0 Å². The minimum atomic E-state index is -0.735. The highest BCUT2D eigenvalue weighted by Crippen LogP contribution is 2.24. The Labute approximate surface area is 122 Å². The maximum Gasteiger partial charge on any atom is 0.358 e. The number of methoxy groups -OCH3 is 1. The number of hydrogen-bond acceptors (Lipinski definition) is 6. The van der Waals surface area contributed by atoms with E-state index in [0.29, 0.717) is 5.92 Å². The molecule has 0 aliphatic carbocycles. The molecular formula is C14H19N3O4. The highest BCUT2D eigenvalue weighted by atomic mass is 16.5. The summed E-state index contributed by atoms with van der Waals surface area (Å²) in [6, 6.07) is 3.36. The lowest BCUT2D eigenvalue weighted by Gasteiger charge is -2.32. The molecule has 2 heterocycles. The number of carbonyl (C=O) groups excluding carboxylic acids is 1. The van der Waals surface area contributed by atoms with Crippen LogP contribution in [0, 0.1) is 5.92 Å². The van der Waals surface area contributed by atoms with Crippen LogP contribution in [0.5, 0.6) is 0 Å². The van der Waals surface area contributed by atoms with Gasteiger partial charge in [0.1, 0.15) is 0 Å². The molecule has 0 amide bonds. The summed E-state index contributed by atoms with van der Waals surface area (Å²) in [6.45, 7) is 1.66. The number of carboxylic acid groups (broad SMARTS) is 1. The van der Waals surface area contributed by atoms with Gasteiger partial charge in [0.05, 0.1) is 7.11 Å². The van der Waals surface area contributed by atoms with E-state index in [1.165, 1.54) is 7.11 Å². The topological polar surface area (TPSA) is 92.6 Å². The lowest BCUT2D eigenvalue weighted by molar-refractivity contribution is -0.137. The van der Waals surface area contributed by atoms with Crippen LogP contribution in [0.4, 0.5) is 5.82 Å². The van der Waals surface area contributed by atoms with E-state index in [1.54, 1.807) is 12.1 Å². The maximum absolute atomic E-state index is 11.3. The van der Waals surface area contributed by atoms with Crippen molar-refractivity contribution in [2.75, 3.05) is 25.1 Å². The number of aromatic nitrogens is 2. The molecule has 0 radical (unpaired) electrons. The minimum Gasteiger partial charge on any atom is -0.481 e. The quantitative estimate of drug-likeness (QED) is 0.819. The van der Waals surface area contributed by atoms with E-state index in [9.17, 15) is 9.59 Å². The second kappa shape index (κ2) is 7.01. The molecule has 114 valence electrons. The Morgan fingerprint density at radius 1 is 1.33 bits per heavy atom. The minimum absolute atomic E-state index is 0.192. The number of rotatable bonds is 5. The molecule has 1 fully saturated rings. The lowest BCUT2D eigenvalue weighted by atomic mass is 9.92. The van der Waals surface area contributed by atoms with Crippen LogP contribution in [-0.2, 0) is 9.53 Å². The fourth-order valence-corrected chi connectivity index (χ4v) is 2.49. The third kappa shape index (κ3) is 4.14. The van der Waals surface area contributed by atoms with Crippen LogP contribution in [0.2, 0.25) is 0 Å². The molecule has 0 saturated carbocycles. The summed E-state index contributed by atoms with van der Waals surface area (Å²) in [6.07, 6.45) is 2.87. The third-order valence-corrected chi connectivity index (χ3v) is 3.75. The van der Waals surface area contributed by atoms with E-state index in [1.807, 2.05) is 0 Å². The predicted octanol–water partition coefficient (Wildman–Crippen LogP) is 1.34. The zero-order valence-corrected chi connectivity index (χ0v) is 12.0. The van der Waals surface area contributed by atoms with Gasteiger partial charge in [-0.1, -0.05) is 0 Å². The van der Waals surface area contributed by atoms with Crippen LogP contribution < -0.4 is 4.90 Å². The number of carbonyl (C=O) groups is 2. The van der Waals surface area contributed by atoms with E-state index < -0.39 is 11.9 Å². The van der Waals surface area contributed by atoms with Crippen molar-refractivity contribution >= 4 is 17.8 Å². The summed E-state index contributed by atoms with van der Waals surface area (Å²) in [5.74, 6) is -0.0397. The van der Waals surface area contributed by atoms with Crippen molar-refractivity contribution in [3.63, 3.8) is 0 Å². The number of piperidine rings is 1. The molecule has 1 aromatic heterocycles. The summed E-state index contributed by atoms with van der Waals surface area (Å²) in [4.78, 5) is 24.0. The zero-order valence-electron chi connectivity index (χ0n) is 12.0. The molecule has 1 aliphatic heterocycles. The standard InChI is InChI=1S/C14H19N3O4/c1-21-14(20)11-3-4-12(16-15-11)17-8-6-10(7-9-17)2-5-13(18)19/h3-4,10H,2,5-9H2,1H3,(H,18,19). The Morgan fingerprint density at radius 2 is 2.05 bits per heavy atom. The van der Waals surface area contributed by atoms with Crippen molar-refractivity contribution in [1.82, 2.24) is 10.2 Å². The molecule has 2 rings (SSSR count). The summed E-state index contributed by atoms with van der Waals surface area (Å²) >= 11 is 0. The normalized spacial score (nSPS) is 15.8. The molecule has 21 heavy (non-hydrogen) atoms. The van der Waals surface area contributed by atoms with Crippen molar-refractivity contribution in [1.29, 1.82) is 0 Å². The fourth-order valence-electron chi connectivity index (χ4n) is 2.49. The molecule has 0 atom stereocenters. The molecule has 0 aromatic carbocycles. The van der Waals surface area contributed by atoms with Crippen molar-refractivity contribution in [2.45, 2.75) is 25.7 Å². The first-order valence-corrected chi connectivity index (χ1v) is 6.99. The molecule has 1 N–H and O–H groups in total. The summed E-state index contributed by atoms with van der Waals surface area (Å²) in [5.41, 5.74) is 0.192. The largest absolute Gasteiger partial charge is 0.481 e. The number of aliphatic carboxylic acids is 1. The van der Waals surface area contributed by atoms with Gasteiger partial charge in [0.15, 0.2) is 11.5 Å². The van der Waals surface area contributed by atoms with Crippen LogP contribution in [0.3, 0.4) is 0 Å². The maximum atomic E-state index is 11.3. The first-order chi connectivity index (χ1) is 10.1. The van der Waals surface area contributed by atoms with Crippen molar-refractivity contribution in [3.8, 4) is 0 Å². The molecule has 7 heteroatoms. The van der Waals surface area contributed by atoms with Crippen LogP contribution in [0.1, 0.15) is 36.2 Å². The molecule has 0 spiro atoms. The van der Waals surface area contributed by atoms with E-state index in [4.69, 9.17) is 5.11 Å². The highest BCUT2D eigenvalue weighted by Gasteiger charge is 2.21. The second-order valence-corrected chi connectivity index (χ2v) is 5.13. The predicted molar refractivity (Wildman–Crippen MR) is 75.2 cm³/mol. The smallest absolute Gasteiger partial charge is 0.358 e. The van der Waals surface area contributed by atoms with Gasteiger partial charge in [0.2, 0.25) is 0 Å². The Balaban J connectivity index is 1.87. The van der Waals surface area contributed by atoms with Crippen LogP contribution in [0.15, 0.2) is 12.1 Å². The van der Waals surface area contributed by atoms with E-state index >= 15 is 0 Å². The van der Waals surface area contributed by atoms with Gasteiger partial charge in [-0.2, -0.15) is 0 Å². The fraction of sp³-hybridized carbons (Fsp3) is 0.571. The van der Waals surface area contributed by atoms with Crippen molar-refractivity contribution < 1.29 is 19.4 Å².